The van der Waals surface area contributed by atoms with Crippen LogP contribution < -0.4 is 10.1 Å². The minimum absolute atomic E-state index is 0.00215. The molecular weight excluding hydrogens is 565 g/mol. The number of carbonyl (C=O) groups excluding carboxylic acids is 1. The van der Waals surface area contributed by atoms with E-state index in [-0.39, 0.29) is 36.0 Å². The van der Waals surface area contributed by atoms with Crippen molar-refractivity contribution in [3.63, 3.8) is 0 Å². The van der Waals surface area contributed by atoms with E-state index in [2.05, 4.69) is 44.2 Å². The van der Waals surface area contributed by atoms with Gasteiger partial charge in [-0.2, -0.15) is 5.26 Å². The number of pyridine rings is 1. The summed E-state index contributed by atoms with van der Waals surface area (Å²) in [5.74, 6) is 0.231. The summed E-state index contributed by atoms with van der Waals surface area (Å²) in [6.07, 6.45) is 3.51. The molecule has 1 saturated carbocycles. The van der Waals surface area contributed by atoms with Gasteiger partial charge in [0.05, 0.1) is 28.3 Å². The second kappa shape index (κ2) is 10.7. The van der Waals surface area contributed by atoms with Crippen LogP contribution in [0.1, 0.15) is 57.6 Å². The first-order valence-corrected chi connectivity index (χ1v) is 14.5. The van der Waals surface area contributed by atoms with Gasteiger partial charge in [-0.05, 0) is 94.5 Å². The second-order valence-corrected chi connectivity index (χ2v) is 12.9. The number of hydrogen-bond donors (Lipinski definition) is 1. The molecule has 8 nitrogen and oxygen atoms in total. The third-order valence-corrected chi connectivity index (χ3v) is 9.12. The SMILES string of the molecule is Cc1c(OCC2CCCN2C)nc2c(F)c(Br)c(CCC#N)cc2c1NC1C2CC1N(C(=O)OC(C)(C)C)C2. The average molecular weight is 603 g/mol. The summed E-state index contributed by atoms with van der Waals surface area (Å²) in [5.41, 5.74) is 1.96. The van der Waals surface area contributed by atoms with Crippen LogP contribution in [0.15, 0.2) is 10.5 Å². The van der Waals surface area contributed by atoms with Gasteiger partial charge in [0.2, 0.25) is 5.88 Å². The highest BCUT2D eigenvalue weighted by molar-refractivity contribution is 9.10. The molecule has 10 heteroatoms. The number of hydrogen-bond acceptors (Lipinski definition) is 7. The van der Waals surface area contributed by atoms with Gasteiger partial charge in [0.1, 0.15) is 17.7 Å². The van der Waals surface area contributed by atoms with Crippen LogP contribution in [0, 0.1) is 30.0 Å². The van der Waals surface area contributed by atoms with Crippen molar-refractivity contribution in [2.24, 2.45) is 5.92 Å². The molecule has 4 atom stereocenters. The second-order valence-electron chi connectivity index (χ2n) is 12.1. The van der Waals surface area contributed by atoms with Crippen molar-refractivity contribution in [2.45, 2.75) is 83.5 Å². The van der Waals surface area contributed by atoms with Crippen molar-refractivity contribution in [3.05, 3.63) is 27.5 Å². The van der Waals surface area contributed by atoms with E-state index in [9.17, 15) is 4.79 Å². The molecule has 2 bridgehead atoms. The number of nitrogens with one attached hydrogen (secondary N) is 1. The van der Waals surface area contributed by atoms with E-state index in [1.807, 2.05) is 38.7 Å². The van der Waals surface area contributed by atoms with E-state index in [0.717, 1.165) is 42.6 Å². The number of halogens is 2. The number of carbonyl (C=O) groups is 1. The van der Waals surface area contributed by atoms with Gasteiger partial charge in [0, 0.05) is 35.9 Å². The number of aromatic nitrogens is 1. The predicted octanol–water partition coefficient (Wildman–Crippen LogP) is 5.79. The number of likely N-dealkylation sites (N-methyl/N-ethyl adjacent to an activating group) is 1. The van der Waals surface area contributed by atoms with Crippen LogP contribution in [0.2, 0.25) is 0 Å². The van der Waals surface area contributed by atoms with Crippen molar-refractivity contribution in [1.29, 1.82) is 5.26 Å². The molecule has 6 rings (SSSR count). The zero-order chi connectivity index (χ0) is 28.1. The monoisotopic (exact) mass is 601 g/mol. The van der Waals surface area contributed by atoms with Crippen molar-refractivity contribution < 1.29 is 18.7 Å². The molecule has 2 aromatic rings. The topological polar surface area (TPSA) is 90.7 Å². The van der Waals surface area contributed by atoms with Crippen molar-refractivity contribution in [3.8, 4) is 11.9 Å². The Bertz CT molecular complexity index is 1320. The average Bonchev–Trinajstić information content (AvgIpc) is 3.58. The lowest BCUT2D eigenvalue weighted by molar-refractivity contribution is 0.0239. The van der Waals surface area contributed by atoms with Crippen LogP contribution in [0.3, 0.4) is 0 Å². The fraction of sp³-hybridized carbons (Fsp3) is 0.621. The van der Waals surface area contributed by atoms with Crippen molar-refractivity contribution in [2.75, 3.05) is 32.1 Å². The summed E-state index contributed by atoms with van der Waals surface area (Å²) in [5, 5.41) is 13.5. The molecule has 4 fully saturated rings. The van der Waals surface area contributed by atoms with E-state index in [1.165, 1.54) is 0 Å². The number of anilines is 1. The summed E-state index contributed by atoms with van der Waals surface area (Å²) in [6, 6.07) is 4.39. The Hall–Kier alpha value is -2.64. The molecule has 1 N–H and O–H groups in total. The molecule has 3 aliphatic heterocycles. The van der Waals surface area contributed by atoms with Gasteiger partial charge >= 0.3 is 6.09 Å². The molecule has 1 amide bonds. The van der Waals surface area contributed by atoms with Gasteiger partial charge in [0.15, 0.2) is 5.82 Å². The summed E-state index contributed by atoms with van der Waals surface area (Å²) < 4.78 is 28.0. The number of nitrogens with zero attached hydrogens (tertiary/aromatic N) is 4. The van der Waals surface area contributed by atoms with E-state index in [4.69, 9.17) is 14.7 Å². The summed E-state index contributed by atoms with van der Waals surface area (Å²) in [6.45, 7) is 9.71. The number of benzene rings is 1. The lowest BCUT2D eigenvalue weighted by Crippen LogP contribution is -2.50. The molecule has 0 spiro atoms. The number of aryl methyl sites for hydroxylation is 1. The summed E-state index contributed by atoms with van der Waals surface area (Å²) in [7, 11) is 2.09. The maximum Gasteiger partial charge on any atom is 0.410 e. The van der Waals surface area contributed by atoms with Crippen LogP contribution in [0.25, 0.3) is 10.9 Å². The Morgan fingerprint density at radius 1 is 1.38 bits per heavy atom. The zero-order valence-electron chi connectivity index (χ0n) is 23.3. The smallest absolute Gasteiger partial charge is 0.410 e. The van der Waals surface area contributed by atoms with E-state index >= 15 is 4.39 Å². The maximum absolute atomic E-state index is 15.8. The highest BCUT2D eigenvalue weighted by atomic mass is 79.9. The summed E-state index contributed by atoms with van der Waals surface area (Å²) in [4.78, 5) is 21.6. The van der Waals surface area contributed by atoms with Gasteiger partial charge in [-0.15, -0.1) is 0 Å². The number of rotatable bonds is 7. The fourth-order valence-corrected chi connectivity index (χ4v) is 6.56. The minimum Gasteiger partial charge on any atom is -0.476 e. The highest BCUT2D eigenvalue weighted by Gasteiger charge is 2.55. The van der Waals surface area contributed by atoms with Gasteiger partial charge < -0.3 is 24.6 Å². The van der Waals surface area contributed by atoms with E-state index < -0.39 is 11.4 Å². The van der Waals surface area contributed by atoms with E-state index in [0.29, 0.717) is 41.4 Å². The Balaban J connectivity index is 1.49. The molecule has 1 aliphatic carbocycles. The normalized spacial score (nSPS) is 24.5. The zero-order valence-corrected chi connectivity index (χ0v) is 24.9. The third-order valence-electron chi connectivity index (χ3n) is 8.26. The molecular formula is C29H37BrFN5O3. The first-order chi connectivity index (χ1) is 18.5. The van der Waals surface area contributed by atoms with Crippen molar-refractivity contribution in [1.82, 2.24) is 14.8 Å². The highest BCUT2D eigenvalue weighted by Crippen LogP contribution is 2.46. The minimum atomic E-state index is -0.560. The van der Waals surface area contributed by atoms with Crippen LogP contribution in [-0.4, -0.2) is 71.3 Å². The fourth-order valence-electron chi connectivity index (χ4n) is 6.06. The van der Waals surface area contributed by atoms with Crippen LogP contribution >= 0.6 is 15.9 Å². The van der Waals surface area contributed by atoms with Gasteiger partial charge in [-0.25, -0.2) is 14.2 Å². The van der Waals surface area contributed by atoms with Crippen LogP contribution in [-0.2, 0) is 11.2 Å². The molecule has 1 aromatic heterocycles. The number of nitriles is 1. The quantitative estimate of drug-likeness (QED) is 0.429. The van der Waals surface area contributed by atoms with Gasteiger partial charge in [-0.3, -0.25) is 0 Å². The van der Waals surface area contributed by atoms with Crippen LogP contribution in [0.5, 0.6) is 5.88 Å². The first-order valence-electron chi connectivity index (χ1n) is 13.8. The molecule has 210 valence electrons. The largest absolute Gasteiger partial charge is 0.476 e. The lowest BCUT2D eigenvalue weighted by atomic mass is 9.79. The number of fused-ring (bicyclic) bond motifs is 2. The molecule has 4 aliphatic rings. The van der Waals surface area contributed by atoms with Gasteiger partial charge in [-0.1, -0.05) is 0 Å². The first kappa shape index (κ1) is 27.9. The van der Waals surface area contributed by atoms with E-state index in [1.54, 1.807) is 0 Å². The maximum atomic E-state index is 15.8. The van der Waals surface area contributed by atoms with Crippen LogP contribution in [0.4, 0.5) is 14.9 Å². The molecule has 4 unspecified atom stereocenters. The Morgan fingerprint density at radius 2 is 2.15 bits per heavy atom. The Labute approximate surface area is 237 Å². The lowest BCUT2D eigenvalue weighted by Gasteiger charge is -2.38. The third kappa shape index (κ3) is 5.40. The summed E-state index contributed by atoms with van der Waals surface area (Å²) >= 11 is 3.40. The number of ether oxygens (including phenoxy) is 2. The van der Waals surface area contributed by atoms with Gasteiger partial charge in [0.25, 0.3) is 0 Å². The standard InChI is InChI=1S/C29H37BrFN5O3/c1-16-24(33-25-18-13-21(25)36(14-18)28(37)39-29(2,3)4)20-12-17(8-6-10-32)22(30)23(31)26(20)34-27(16)38-15-19-9-7-11-35(19)5/h12,18-19,21,25H,6-9,11,13-15H2,1-5H3,(H,33,34). The Kier molecular flexibility index (Phi) is 7.68. The Morgan fingerprint density at radius 3 is 2.82 bits per heavy atom. The molecule has 3 saturated heterocycles. The molecule has 0 radical (unpaired) electrons. The number of likely N-dealkylation sites (tertiary alicyclic amines) is 1. The van der Waals surface area contributed by atoms with Crippen molar-refractivity contribution >= 4 is 38.6 Å². The molecule has 39 heavy (non-hydrogen) atoms. The number of amides is 1. The predicted molar refractivity (Wildman–Crippen MR) is 151 cm³/mol. The molecule has 4 heterocycles. The molecule has 1 aromatic carbocycles.